The van der Waals surface area contributed by atoms with Crippen molar-refractivity contribution in [1.82, 2.24) is 0 Å². The van der Waals surface area contributed by atoms with Crippen molar-refractivity contribution < 1.29 is 24.1 Å². The molecule has 1 aromatic rings. The van der Waals surface area contributed by atoms with Gasteiger partial charge in [0.15, 0.2) is 0 Å². The maximum atomic E-state index is 11.3. The lowest BCUT2D eigenvalue weighted by Crippen LogP contribution is -2.08. The van der Waals surface area contributed by atoms with Crippen LogP contribution in [0.5, 0.6) is 11.5 Å². The summed E-state index contributed by atoms with van der Waals surface area (Å²) in [6, 6.07) is 5.03. The van der Waals surface area contributed by atoms with Crippen LogP contribution in [0.2, 0.25) is 0 Å². The molecular weight excluding hydrogens is 248 g/mol. The Morgan fingerprint density at radius 2 is 2.11 bits per heavy atom. The maximum absolute atomic E-state index is 11.3. The van der Waals surface area contributed by atoms with E-state index in [2.05, 4.69) is 0 Å². The highest BCUT2D eigenvalue weighted by molar-refractivity contribution is 5.70. The summed E-state index contributed by atoms with van der Waals surface area (Å²) in [5.41, 5.74) is 0.617. The van der Waals surface area contributed by atoms with Crippen molar-refractivity contribution in [2.24, 2.45) is 0 Å². The Balaban J connectivity index is 2.66. The molecule has 0 aromatic heterocycles. The van der Waals surface area contributed by atoms with Crippen molar-refractivity contribution in [3.63, 3.8) is 0 Å². The average molecular weight is 268 g/mol. The number of hydrogen-bond acceptors (Lipinski definition) is 5. The van der Waals surface area contributed by atoms with E-state index in [0.29, 0.717) is 37.6 Å². The number of hydrogen-bond donors (Lipinski definition) is 1. The standard InChI is InChI=1S/C14H20O5/c1-3-18-14(16)8-7-11-12(15)5-4-6-13(11)19-10-9-17-2/h4-6,15H,3,7-10H2,1-2H3. The summed E-state index contributed by atoms with van der Waals surface area (Å²) in [5, 5.41) is 9.83. The first kappa shape index (κ1) is 15.3. The van der Waals surface area contributed by atoms with Gasteiger partial charge in [-0.15, -0.1) is 0 Å². The van der Waals surface area contributed by atoms with Crippen molar-refractivity contribution in [2.45, 2.75) is 19.8 Å². The Hall–Kier alpha value is -1.75. The van der Waals surface area contributed by atoms with E-state index in [9.17, 15) is 9.90 Å². The topological polar surface area (TPSA) is 65.0 Å². The molecule has 0 atom stereocenters. The number of aromatic hydroxyl groups is 1. The number of benzene rings is 1. The molecule has 0 aliphatic carbocycles. The molecule has 0 aliphatic heterocycles. The monoisotopic (exact) mass is 268 g/mol. The maximum Gasteiger partial charge on any atom is 0.306 e. The Bertz CT molecular complexity index is 403. The molecule has 0 heterocycles. The van der Waals surface area contributed by atoms with Crippen LogP contribution in [-0.2, 0) is 20.7 Å². The third kappa shape index (κ3) is 5.18. The first-order valence-electron chi connectivity index (χ1n) is 6.27. The summed E-state index contributed by atoms with van der Waals surface area (Å²) < 4.78 is 15.3. The fourth-order valence-electron chi connectivity index (χ4n) is 1.64. The third-order valence-corrected chi connectivity index (χ3v) is 2.54. The summed E-state index contributed by atoms with van der Waals surface area (Å²) in [7, 11) is 1.59. The Morgan fingerprint density at radius 3 is 2.79 bits per heavy atom. The zero-order valence-corrected chi connectivity index (χ0v) is 11.3. The van der Waals surface area contributed by atoms with E-state index in [1.54, 1.807) is 32.2 Å². The molecule has 19 heavy (non-hydrogen) atoms. The second kappa shape index (κ2) is 8.37. The van der Waals surface area contributed by atoms with Gasteiger partial charge in [-0.3, -0.25) is 4.79 Å². The highest BCUT2D eigenvalue weighted by atomic mass is 16.5. The molecule has 1 aromatic carbocycles. The van der Waals surface area contributed by atoms with E-state index in [0.717, 1.165) is 0 Å². The van der Waals surface area contributed by atoms with Gasteiger partial charge in [0.05, 0.1) is 13.2 Å². The molecule has 0 unspecified atom stereocenters. The SMILES string of the molecule is CCOC(=O)CCc1c(O)cccc1OCCOC. The summed E-state index contributed by atoms with van der Waals surface area (Å²) in [6.45, 7) is 2.98. The zero-order valence-electron chi connectivity index (χ0n) is 11.3. The number of methoxy groups -OCH3 is 1. The van der Waals surface area contributed by atoms with Crippen molar-refractivity contribution >= 4 is 5.97 Å². The van der Waals surface area contributed by atoms with Crippen molar-refractivity contribution in [1.29, 1.82) is 0 Å². The van der Waals surface area contributed by atoms with Crippen LogP contribution in [0.25, 0.3) is 0 Å². The van der Waals surface area contributed by atoms with Gasteiger partial charge in [-0.05, 0) is 25.5 Å². The van der Waals surface area contributed by atoms with Gasteiger partial charge in [0.25, 0.3) is 0 Å². The highest BCUT2D eigenvalue weighted by Crippen LogP contribution is 2.28. The van der Waals surface area contributed by atoms with Crippen LogP contribution in [-0.4, -0.2) is 38.0 Å². The lowest BCUT2D eigenvalue weighted by molar-refractivity contribution is -0.143. The average Bonchev–Trinajstić information content (AvgIpc) is 2.38. The molecule has 0 saturated carbocycles. The fourth-order valence-corrected chi connectivity index (χ4v) is 1.64. The minimum absolute atomic E-state index is 0.124. The van der Waals surface area contributed by atoms with Crippen LogP contribution < -0.4 is 4.74 Å². The smallest absolute Gasteiger partial charge is 0.306 e. The van der Waals surface area contributed by atoms with E-state index in [4.69, 9.17) is 14.2 Å². The van der Waals surface area contributed by atoms with Crippen LogP contribution in [0, 0.1) is 0 Å². The van der Waals surface area contributed by atoms with Crippen LogP contribution >= 0.6 is 0 Å². The normalized spacial score (nSPS) is 10.2. The molecule has 0 saturated heterocycles. The van der Waals surface area contributed by atoms with Gasteiger partial charge >= 0.3 is 5.97 Å². The lowest BCUT2D eigenvalue weighted by Gasteiger charge is -2.12. The largest absolute Gasteiger partial charge is 0.508 e. The number of phenols is 1. The van der Waals surface area contributed by atoms with Gasteiger partial charge in [0.1, 0.15) is 18.1 Å². The second-order valence-electron chi connectivity index (χ2n) is 3.90. The molecule has 0 fully saturated rings. The third-order valence-electron chi connectivity index (χ3n) is 2.54. The quantitative estimate of drug-likeness (QED) is 0.576. The lowest BCUT2D eigenvalue weighted by atomic mass is 10.1. The number of carbonyl (C=O) groups is 1. The van der Waals surface area contributed by atoms with Gasteiger partial charge in [0, 0.05) is 19.1 Å². The van der Waals surface area contributed by atoms with Gasteiger partial charge < -0.3 is 19.3 Å². The molecule has 0 amide bonds. The van der Waals surface area contributed by atoms with Gasteiger partial charge in [-0.1, -0.05) is 6.07 Å². The van der Waals surface area contributed by atoms with Crippen molar-refractivity contribution in [3.05, 3.63) is 23.8 Å². The van der Waals surface area contributed by atoms with E-state index in [1.165, 1.54) is 0 Å². The molecule has 1 rings (SSSR count). The minimum Gasteiger partial charge on any atom is -0.508 e. The minimum atomic E-state index is -0.284. The van der Waals surface area contributed by atoms with Crippen molar-refractivity contribution in [3.8, 4) is 11.5 Å². The van der Waals surface area contributed by atoms with E-state index in [1.807, 2.05) is 0 Å². The molecule has 0 spiro atoms. The molecule has 0 aliphatic rings. The highest BCUT2D eigenvalue weighted by Gasteiger charge is 2.11. The van der Waals surface area contributed by atoms with Crippen LogP contribution in [0.4, 0.5) is 0 Å². The molecule has 0 bridgehead atoms. The van der Waals surface area contributed by atoms with Crippen LogP contribution in [0.1, 0.15) is 18.9 Å². The summed E-state index contributed by atoms with van der Waals surface area (Å²) >= 11 is 0. The van der Waals surface area contributed by atoms with Crippen LogP contribution in [0.15, 0.2) is 18.2 Å². The number of carbonyl (C=O) groups excluding carboxylic acids is 1. The molecule has 1 N–H and O–H groups in total. The Morgan fingerprint density at radius 1 is 1.32 bits per heavy atom. The van der Waals surface area contributed by atoms with Crippen molar-refractivity contribution in [2.75, 3.05) is 26.9 Å². The van der Waals surface area contributed by atoms with Gasteiger partial charge in [-0.25, -0.2) is 0 Å². The second-order valence-corrected chi connectivity index (χ2v) is 3.90. The van der Waals surface area contributed by atoms with E-state index < -0.39 is 0 Å². The summed E-state index contributed by atoms with van der Waals surface area (Å²) in [4.78, 5) is 11.3. The van der Waals surface area contributed by atoms with Gasteiger partial charge in [0.2, 0.25) is 0 Å². The Kier molecular flexibility index (Phi) is 6.74. The van der Waals surface area contributed by atoms with Crippen LogP contribution in [0.3, 0.4) is 0 Å². The zero-order chi connectivity index (χ0) is 14.1. The molecule has 106 valence electrons. The number of ether oxygens (including phenoxy) is 3. The molecule has 5 heteroatoms. The predicted molar refractivity (Wildman–Crippen MR) is 70.4 cm³/mol. The van der Waals surface area contributed by atoms with E-state index in [-0.39, 0.29) is 18.1 Å². The fraction of sp³-hybridized carbons (Fsp3) is 0.500. The number of rotatable bonds is 8. The first-order chi connectivity index (χ1) is 9.19. The molecular formula is C14H20O5. The number of esters is 1. The predicted octanol–water partition coefficient (Wildman–Crippen LogP) is 1.91. The Labute approximate surface area is 113 Å². The van der Waals surface area contributed by atoms with Gasteiger partial charge in [-0.2, -0.15) is 0 Å². The summed E-state index contributed by atoms with van der Waals surface area (Å²) in [5.74, 6) is 0.411. The first-order valence-corrected chi connectivity index (χ1v) is 6.27. The summed E-state index contributed by atoms with van der Waals surface area (Å²) in [6.07, 6.45) is 0.597. The number of phenolic OH excluding ortho intramolecular Hbond substituents is 1. The molecule has 0 radical (unpaired) electrons. The molecule has 5 nitrogen and oxygen atoms in total. The van der Waals surface area contributed by atoms with E-state index >= 15 is 0 Å².